The van der Waals surface area contributed by atoms with Crippen LogP contribution >= 0.6 is 0 Å². The number of hydrogen-bond acceptors (Lipinski definition) is 5. The Morgan fingerprint density at radius 1 is 1.00 bits per heavy atom. The van der Waals surface area contributed by atoms with Gasteiger partial charge in [0.25, 0.3) is 0 Å². The zero-order valence-corrected chi connectivity index (χ0v) is 19.4. The summed E-state index contributed by atoms with van der Waals surface area (Å²) in [5, 5.41) is 2.86. The second-order valence-corrected chi connectivity index (χ2v) is 11.3. The summed E-state index contributed by atoms with van der Waals surface area (Å²) in [4.78, 5) is 39.0. The van der Waals surface area contributed by atoms with Crippen molar-refractivity contribution < 1.29 is 37.0 Å². The first-order chi connectivity index (χ1) is 14.5. The highest BCUT2D eigenvalue weighted by molar-refractivity contribution is 5.78. The van der Waals surface area contributed by atoms with E-state index in [2.05, 4.69) is 5.32 Å². The molecule has 2 aliphatic carbocycles. The number of halogens is 3. The Morgan fingerprint density at radius 2 is 1.59 bits per heavy atom. The largest absolute Gasteiger partial charge is 0.459 e. The molecule has 1 heterocycles. The van der Waals surface area contributed by atoms with Crippen molar-refractivity contribution in [3.05, 3.63) is 0 Å². The molecule has 182 valence electrons. The Labute approximate surface area is 186 Å². The number of nitrogens with one attached hydrogen (secondary N) is 1. The van der Waals surface area contributed by atoms with Crippen molar-refractivity contribution in [1.29, 1.82) is 0 Å². The first-order valence-corrected chi connectivity index (χ1v) is 11.0. The van der Waals surface area contributed by atoms with E-state index in [1.165, 1.54) is 4.90 Å². The first-order valence-electron chi connectivity index (χ1n) is 11.0. The van der Waals surface area contributed by atoms with Gasteiger partial charge in [-0.1, -0.05) is 0 Å². The van der Waals surface area contributed by atoms with Gasteiger partial charge in [-0.25, -0.2) is 4.79 Å². The van der Waals surface area contributed by atoms with Gasteiger partial charge >= 0.3 is 18.2 Å². The van der Waals surface area contributed by atoms with Gasteiger partial charge < -0.3 is 19.7 Å². The second kappa shape index (κ2) is 8.09. The Kier molecular flexibility index (Phi) is 6.23. The van der Waals surface area contributed by atoms with Crippen LogP contribution in [0, 0.1) is 23.2 Å². The van der Waals surface area contributed by atoms with Crippen LogP contribution in [-0.4, -0.2) is 59.4 Å². The van der Waals surface area contributed by atoms with Gasteiger partial charge in [0.05, 0.1) is 11.5 Å². The molecule has 0 aromatic heterocycles. The lowest BCUT2D eigenvalue weighted by atomic mass is 9.74. The van der Waals surface area contributed by atoms with Gasteiger partial charge in [-0.05, 0) is 60.3 Å². The fourth-order valence-corrected chi connectivity index (χ4v) is 5.28. The number of likely N-dealkylation sites (tertiary alicyclic amines) is 1. The minimum atomic E-state index is -4.63. The van der Waals surface area contributed by atoms with Crippen LogP contribution in [0.25, 0.3) is 0 Å². The Morgan fingerprint density at radius 3 is 2.12 bits per heavy atom. The summed E-state index contributed by atoms with van der Waals surface area (Å²) >= 11 is 0. The summed E-state index contributed by atoms with van der Waals surface area (Å²) in [5.74, 6) is -2.13. The average Bonchev–Trinajstić information content (AvgIpc) is 2.70. The number of carbonyl (C=O) groups excluding carboxylic acids is 3. The van der Waals surface area contributed by atoms with Crippen LogP contribution in [-0.2, 0) is 19.1 Å². The third-order valence-corrected chi connectivity index (χ3v) is 6.36. The van der Waals surface area contributed by atoms with E-state index in [1.807, 2.05) is 0 Å². The third-order valence-electron chi connectivity index (χ3n) is 6.36. The molecular weight excluding hydrogens is 429 g/mol. The van der Waals surface area contributed by atoms with Gasteiger partial charge in [0, 0.05) is 24.4 Å². The molecule has 3 aliphatic rings. The normalized spacial score (nSPS) is 32.0. The molecule has 3 unspecified atom stereocenters. The van der Waals surface area contributed by atoms with Crippen LogP contribution < -0.4 is 5.32 Å². The highest BCUT2D eigenvalue weighted by atomic mass is 19.4. The molecule has 3 bridgehead atoms. The summed E-state index contributed by atoms with van der Waals surface area (Å²) in [6.07, 6.45) is -6.41. The van der Waals surface area contributed by atoms with E-state index in [4.69, 9.17) is 9.47 Å². The Balaban J connectivity index is 1.90. The molecule has 1 N–H and O–H groups in total. The molecule has 1 saturated heterocycles. The SMILES string of the molecule is CC(C)(C)OC(=O)NC1[C@@H]2CC3C[C@H]1[C@H](OC(=O)C(C)(C)C)C2N(C(=O)CC(F)(F)F)C3. The molecule has 0 spiro atoms. The lowest BCUT2D eigenvalue weighted by molar-refractivity contribution is -0.173. The highest BCUT2D eigenvalue weighted by Crippen LogP contribution is 2.52. The molecule has 2 saturated carbocycles. The molecule has 0 aromatic rings. The Hall–Kier alpha value is -2.00. The number of carbonyl (C=O) groups is 3. The molecular formula is C22H33F3N2O5. The van der Waals surface area contributed by atoms with E-state index in [0.717, 1.165) is 0 Å². The summed E-state index contributed by atoms with van der Waals surface area (Å²) in [7, 11) is 0. The number of piperidine rings is 1. The molecule has 10 heteroatoms. The van der Waals surface area contributed by atoms with Gasteiger partial charge in [0.1, 0.15) is 18.1 Å². The van der Waals surface area contributed by atoms with Crippen LogP contribution in [0.3, 0.4) is 0 Å². The fourth-order valence-electron chi connectivity index (χ4n) is 5.28. The zero-order valence-electron chi connectivity index (χ0n) is 19.4. The van der Waals surface area contributed by atoms with E-state index < -0.39 is 59.8 Å². The summed E-state index contributed by atoms with van der Waals surface area (Å²) in [6.45, 7) is 10.5. The predicted molar refractivity (Wildman–Crippen MR) is 108 cm³/mol. The monoisotopic (exact) mass is 462 g/mol. The van der Waals surface area contributed by atoms with Crippen LogP contribution in [0.5, 0.6) is 0 Å². The summed E-state index contributed by atoms with van der Waals surface area (Å²) < 4.78 is 50.1. The van der Waals surface area contributed by atoms with Crippen molar-refractivity contribution in [2.45, 2.75) is 90.8 Å². The molecule has 3 rings (SSSR count). The molecule has 32 heavy (non-hydrogen) atoms. The van der Waals surface area contributed by atoms with Crippen molar-refractivity contribution in [3.63, 3.8) is 0 Å². The smallest absolute Gasteiger partial charge is 0.407 e. The van der Waals surface area contributed by atoms with Crippen molar-refractivity contribution in [1.82, 2.24) is 10.2 Å². The summed E-state index contributed by atoms with van der Waals surface area (Å²) in [5.41, 5.74) is -1.53. The number of rotatable bonds is 3. The molecule has 6 atom stereocenters. The maximum absolute atomic E-state index is 13.0. The average molecular weight is 463 g/mol. The van der Waals surface area contributed by atoms with E-state index in [0.29, 0.717) is 12.8 Å². The van der Waals surface area contributed by atoms with E-state index in [-0.39, 0.29) is 24.3 Å². The quantitative estimate of drug-likeness (QED) is 0.647. The maximum atomic E-state index is 13.0. The molecule has 3 fully saturated rings. The first kappa shape index (κ1) is 24.6. The van der Waals surface area contributed by atoms with E-state index >= 15 is 0 Å². The van der Waals surface area contributed by atoms with Crippen molar-refractivity contribution >= 4 is 18.0 Å². The molecule has 0 radical (unpaired) electrons. The number of nitrogens with zero attached hydrogens (tertiary/aromatic N) is 1. The number of fused-ring (bicyclic) bond motifs is 2. The minimum Gasteiger partial charge on any atom is -0.459 e. The van der Waals surface area contributed by atoms with Crippen LogP contribution in [0.15, 0.2) is 0 Å². The highest BCUT2D eigenvalue weighted by Gasteiger charge is 2.63. The molecule has 2 amide bonds. The fraction of sp³-hybridized carbons (Fsp3) is 0.864. The number of alkyl halides is 3. The van der Waals surface area contributed by atoms with Crippen LogP contribution in [0.4, 0.5) is 18.0 Å². The Bertz CT molecular complexity index is 771. The summed E-state index contributed by atoms with van der Waals surface area (Å²) in [6, 6.07) is -1.16. The van der Waals surface area contributed by atoms with Crippen molar-refractivity contribution in [2.24, 2.45) is 23.2 Å². The van der Waals surface area contributed by atoms with E-state index in [1.54, 1.807) is 41.5 Å². The second-order valence-electron chi connectivity index (χ2n) is 11.3. The number of hydrogen-bond donors (Lipinski definition) is 1. The molecule has 1 aliphatic heterocycles. The van der Waals surface area contributed by atoms with Crippen LogP contribution in [0.2, 0.25) is 0 Å². The lowest BCUT2D eigenvalue weighted by Gasteiger charge is -2.45. The topological polar surface area (TPSA) is 84.9 Å². The van der Waals surface area contributed by atoms with Gasteiger partial charge in [-0.3, -0.25) is 9.59 Å². The lowest BCUT2D eigenvalue weighted by Crippen LogP contribution is -2.57. The number of alkyl carbamates (subject to hydrolysis) is 1. The van der Waals surface area contributed by atoms with Crippen molar-refractivity contribution in [2.75, 3.05) is 6.54 Å². The molecule has 0 aromatic carbocycles. The number of esters is 1. The number of amides is 2. The van der Waals surface area contributed by atoms with Gasteiger partial charge in [-0.15, -0.1) is 0 Å². The van der Waals surface area contributed by atoms with Gasteiger partial charge in [0.2, 0.25) is 5.91 Å². The van der Waals surface area contributed by atoms with Crippen molar-refractivity contribution in [3.8, 4) is 0 Å². The van der Waals surface area contributed by atoms with Gasteiger partial charge in [-0.2, -0.15) is 13.2 Å². The third kappa shape index (κ3) is 5.31. The minimum absolute atomic E-state index is 0.00606. The predicted octanol–water partition coefficient (Wildman–Crippen LogP) is 3.66. The van der Waals surface area contributed by atoms with Crippen LogP contribution in [0.1, 0.15) is 60.8 Å². The van der Waals surface area contributed by atoms with E-state index in [9.17, 15) is 27.6 Å². The zero-order chi connectivity index (χ0) is 24.2. The molecule has 7 nitrogen and oxygen atoms in total. The number of ether oxygens (including phenoxy) is 2. The van der Waals surface area contributed by atoms with Gasteiger partial charge in [0.15, 0.2) is 0 Å². The standard InChI is InChI=1S/C22H33F3N2O5/c1-20(2,3)18(29)31-17-13-8-11-7-12(15(13)26-19(30)32-21(4,5)6)16(17)27(10-11)14(28)9-22(23,24)25/h11-13,15-17H,7-10H2,1-6H3,(H,26,30)/t11?,12-,13+,15?,16?,17-/m0/s1. The maximum Gasteiger partial charge on any atom is 0.407 e.